The Morgan fingerprint density at radius 3 is 2.42 bits per heavy atom. The third kappa shape index (κ3) is 5.64. The van der Waals surface area contributed by atoms with Crippen molar-refractivity contribution in [2.45, 2.75) is 51.3 Å². The van der Waals surface area contributed by atoms with Crippen molar-refractivity contribution in [2.24, 2.45) is 0 Å². The molecule has 1 unspecified atom stereocenters. The summed E-state index contributed by atoms with van der Waals surface area (Å²) >= 11 is 1.45. The first kappa shape index (κ1) is 23.2. The van der Waals surface area contributed by atoms with E-state index in [1.54, 1.807) is 19.2 Å². The standard InChI is InChI=1S/C23H28N2O4S2/c1-5-18(3)25(31(26,27)20-12-10-17(2)11-13-20)14-19-16-30-23(24-19)15-29-22-9-7-6-8-21(22)28-4/h6-13,16,18H,5,14-15H2,1-4H3. The Hall–Kier alpha value is -2.42. The van der Waals surface area contributed by atoms with E-state index in [9.17, 15) is 8.42 Å². The second-order valence-electron chi connectivity index (χ2n) is 7.29. The minimum atomic E-state index is -3.63. The van der Waals surface area contributed by atoms with Crippen LogP contribution in [0.5, 0.6) is 11.5 Å². The molecule has 1 aromatic heterocycles. The highest BCUT2D eigenvalue weighted by Gasteiger charge is 2.29. The number of aryl methyl sites for hydroxylation is 1. The molecule has 6 nitrogen and oxygen atoms in total. The second-order valence-corrected chi connectivity index (χ2v) is 10.1. The zero-order valence-corrected chi connectivity index (χ0v) is 19.9. The van der Waals surface area contributed by atoms with Gasteiger partial charge in [0.25, 0.3) is 0 Å². The smallest absolute Gasteiger partial charge is 0.243 e. The van der Waals surface area contributed by atoms with Crippen LogP contribution in [0.1, 0.15) is 36.5 Å². The monoisotopic (exact) mass is 460 g/mol. The average molecular weight is 461 g/mol. The number of sulfonamides is 1. The van der Waals surface area contributed by atoms with E-state index in [-0.39, 0.29) is 12.6 Å². The predicted molar refractivity (Wildman–Crippen MR) is 123 cm³/mol. The molecule has 0 radical (unpaired) electrons. The van der Waals surface area contributed by atoms with Gasteiger partial charge in [-0.3, -0.25) is 0 Å². The number of aromatic nitrogens is 1. The van der Waals surface area contributed by atoms with Crippen LogP contribution in [0.3, 0.4) is 0 Å². The number of para-hydroxylation sites is 2. The van der Waals surface area contributed by atoms with Crippen LogP contribution in [-0.4, -0.2) is 30.9 Å². The maximum atomic E-state index is 13.3. The van der Waals surface area contributed by atoms with Crippen LogP contribution in [0, 0.1) is 6.92 Å². The summed E-state index contributed by atoms with van der Waals surface area (Å²) in [7, 11) is -2.03. The number of hydrogen-bond donors (Lipinski definition) is 0. The highest BCUT2D eigenvalue weighted by Crippen LogP contribution is 2.28. The topological polar surface area (TPSA) is 68.7 Å². The molecule has 0 amide bonds. The first-order valence-electron chi connectivity index (χ1n) is 10.1. The molecule has 0 saturated heterocycles. The van der Waals surface area contributed by atoms with E-state index in [0.717, 1.165) is 10.6 Å². The van der Waals surface area contributed by atoms with Gasteiger partial charge in [-0.2, -0.15) is 4.31 Å². The summed E-state index contributed by atoms with van der Waals surface area (Å²) in [5, 5.41) is 2.67. The highest BCUT2D eigenvalue weighted by molar-refractivity contribution is 7.89. The summed E-state index contributed by atoms with van der Waals surface area (Å²) in [6, 6.07) is 14.2. The van der Waals surface area contributed by atoms with Gasteiger partial charge in [0.1, 0.15) is 11.6 Å². The van der Waals surface area contributed by atoms with E-state index >= 15 is 0 Å². The maximum Gasteiger partial charge on any atom is 0.243 e. The lowest BCUT2D eigenvalue weighted by Gasteiger charge is -2.27. The molecule has 0 aliphatic carbocycles. The maximum absolute atomic E-state index is 13.3. The zero-order valence-electron chi connectivity index (χ0n) is 18.2. The van der Waals surface area contributed by atoms with Gasteiger partial charge in [-0.25, -0.2) is 13.4 Å². The summed E-state index contributed by atoms with van der Waals surface area (Å²) in [6.45, 7) is 6.35. The number of nitrogens with zero attached hydrogens (tertiary/aromatic N) is 2. The molecule has 31 heavy (non-hydrogen) atoms. The van der Waals surface area contributed by atoms with Gasteiger partial charge in [-0.1, -0.05) is 36.8 Å². The lowest BCUT2D eigenvalue weighted by Crippen LogP contribution is -2.37. The van der Waals surface area contributed by atoms with Crippen molar-refractivity contribution in [1.82, 2.24) is 9.29 Å². The van der Waals surface area contributed by atoms with Gasteiger partial charge in [0.05, 0.1) is 24.2 Å². The zero-order chi connectivity index (χ0) is 22.4. The highest BCUT2D eigenvalue weighted by atomic mass is 32.2. The van der Waals surface area contributed by atoms with Crippen LogP contribution in [0.15, 0.2) is 58.8 Å². The van der Waals surface area contributed by atoms with Crippen molar-refractivity contribution < 1.29 is 17.9 Å². The van der Waals surface area contributed by atoms with E-state index in [1.165, 1.54) is 15.6 Å². The van der Waals surface area contributed by atoms with Crippen molar-refractivity contribution in [3.63, 3.8) is 0 Å². The fourth-order valence-corrected chi connectivity index (χ4v) is 5.42. The normalized spacial score (nSPS) is 12.7. The molecule has 1 atom stereocenters. The van der Waals surface area contributed by atoms with Crippen molar-refractivity contribution in [3.05, 3.63) is 70.2 Å². The van der Waals surface area contributed by atoms with Crippen molar-refractivity contribution >= 4 is 21.4 Å². The number of benzene rings is 2. The van der Waals surface area contributed by atoms with Gasteiger partial charge in [0.2, 0.25) is 10.0 Å². The van der Waals surface area contributed by atoms with Gasteiger partial charge in [-0.15, -0.1) is 11.3 Å². The SMILES string of the molecule is CCC(C)N(Cc1csc(COc2ccccc2OC)n1)S(=O)(=O)c1ccc(C)cc1. The molecule has 0 N–H and O–H groups in total. The molecule has 0 fully saturated rings. The van der Waals surface area contributed by atoms with Crippen LogP contribution in [0.2, 0.25) is 0 Å². The molecule has 166 valence electrons. The van der Waals surface area contributed by atoms with Gasteiger partial charge < -0.3 is 9.47 Å². The Morgan fingerprint density at radius 2 is 1.77 bits per heavy atom. The molecule has 0 aliphatic heterocycles. The van der Waals surface area contributed by atoms with Crippen LogP contribution >= 0.6 is 11.3 Å². The van der Waals surface area contributed by atoms with Gasteiger partial charge in [0.15, 0.2) is 11.5 Å². The lowest BCUT2D eigenvalue weighted by molar-refractivity contribution is 0.283. The van der Waals surface area contributed by atoms with Gasteiger partial charge >= 0.3 is 0 Å². The fourth-order valence-electron chi connectivity index (χ4n) is 3.05. The Balaban J connectivity index is 1.75. The second kappa shape index (κ2) is 10.3. The average Bonchev–Trinajstić information content (AvgIpc) is 3.23. The van der Waals surface area contributed by atoms with E-state index in [1.807, 2.05) is 62.5 Å². The first-order valence-corrected chi connectivity index (χ1v) is 12.4. The molecule has 0 aliphatic rings. The van der Waals surface area contributed by atoms with Crippen LogP contribution in [0.25, 0.3) is 0 Å². The first-order chi connectivity index (χ1) is 14.8. The molecule has 0 spiro atoms. The minimum absolute atomic E-state index is 0.152. The van der Waals surface area contributed by atoms with Crippen LogP contribution in [-0.2, 0) is 23.2 Å². The number of rotatable bonds is 10. The van der Waals surface area contributed by atoms with Crippen molar-refractivity contribution in [1.29, 1.82) is 0 Å². The van der Waals surface area contributed by atoms with E-state index < -0.39 is 10.0 Å². The number of methoxy groups -OCH3 is 1. The summed E-state index contributed by atoms with van der Waals surface area (Å²) in [6.07, 6.45) is 0.707. The Labute approximate surface area is 188 Å². The van der Waals surface area contributed by atoms with E-state index in [4.69, 9.17) is 9.47 Å². The Kier molecular flexibility index (Phi) is 7.69. The Morgan fingerprint density at radius 1 is 1.10 bits per heavy atom. The van der Waals surface area contributed by atoms with Crippen molar-refractivity contribution in [3.8, 4) is 11.5 Å². The summed E-state index contributed by atoms with van der Waals surface area (Å²) in [4.78, 5) is 4.90. The largest absolute Gasteiger partial charge is 0.493 e. The van der Waals surface area contributed by atoms with Gasteiger partial charge in [0, 0.05) is 11.4 Å². The van der Waals surface area contributed by atoms with Crippen LogP contribution < -0.4 is 9.47 Å². The number of ether oxygens (including phenoxy) is 2. The van der Waals surface area contributed by atoms with Gasteiger partial charge in [-0.05, 0) is 44.5 Å². The molecular formula is C23H28N2O4S2. The molecule has 8 heteroatoms. The van der Waals surface area contributed by atoms with E-state index in [2.05, 4.69) is 4.98 Å². The van der Waals surface area contributed by atoms with Crippen molar-refractivity contribution in [2.75, 3.05) is 7.11 Å². The molecule has 0 saturated carbocycles. The lowest BCUT2D eigenvalue weighted by atomic mass is 10.2. The molecule has 1 heterocycles. The number of thiazole rings is 1. The third-order valence-electron chi connectivity index (χ3n) is 5.05. The fraction of sp³-hybridized carbons (Fsp3) is 0.348. The quantitative estimate of drug-likeness (QED) is 0.424. The summed E-state index contributed by atoms with van der Waals surface area (Å²) in [5.41, 5.74) is 1.73. The predicted octanol–water partition coefficient (Wildman–Crippen LogP) is 5.03. The minimum Gasteiger partial charge on any atom is -0.493 e. The van der Waals surface area contributed by atoms with Crippen LogP contribution in [0.4, 0.5) is 0 Å². The molecule has 3 rings (SSSR count). The summed E-state index contributed by atoms with van der Waals surface area (Å²) < 4.78 is 39.3. The third-order valence-corrected chi connectivity index (χ3v) is 7.89. The molecule has 2 aromatic carbocycles. The Bertz CT molecular complexity index is 1090. The molecular weight excluding hydrogens is 432 g/mol. The molecule has 0 bridgehead atoms. The number of hydrogen-bond acceptors (Lipinski definition) is 6. The van der Waals surface area contributed by atoms with E-state index in [0.29, 0.717) is 35.1 Å². The molecule has 3 aromatic rings. The summed E-state index contributed by atoms with van der Waals surface area (Å²) in [5.74, 6) is 1.30.